The number of fused-ring (bicyclic) bond motifs is 1. The Hall–Kier alpha value is -1.13. The van der Waals surface area contributed by atoms with Gasteiger partial charge in [-0.2, -0.15) is 0 Å². The van der Waals surface area contributed by atoms with E-state index in [1.165, 1.54) is 0 Å². The Kier molecular flexibility index (Phi) is 2.53. The van der Waals surface area contributed by atoms with Crippen LogP contribution in [-0.4, -0.2) is 27.8 Å². The van der Waals surface area contributed by atoms with E-state index in [0.717, 1.165) is 37.5 Å². The zero-order valence-corrected chi connectivity index (χ0v) is 9.52. The molecule has 0 aromatic carbocycles. The highest BCUT2D eigenvalue weighted by Crippen LogP contribution is 2.25. The number of hydrogen-bond donors (Lipinski definition) is 0. The molecule has 16 heavy (non-hydrogen) atoms. The fourth-order valence-corrected chi connectivity index (χ4v) is 2.22. The number of ether oxygens (including phenoxy) is 1. The molecule has 84 valence electrons. The van der Waals surface area contributed by atoms with Crippen molar-refractivity contribution >= 4 is 17.2 Å². The maximum Gasteiger partial charge on any atom is 0.157 e. The van der Waals surface area contributed by atoms with Crippen molar-refractivity contribution in [2.75, 3.05) is 13.2 Å². The molecule has 0 amide bonds. The molecule has 0 unspecified atom stereocenters. The lowest BCUT2D eigenvalue weighted by molar-refractivity contribution is 0.0836. The van der Waals surface area contributed by atoms with Crippen molar-refractivity contribution in [3.05, 3.63) is 29.2 Å². The Morgan fingerprint density at radius 2 is 2.12 bits per heavy atom. The first kappa shape index (κ1) is 10.1. The molecule has 0 spiro atoms. The zero-order chi connectivity index (χ0) is 11.0. The van der Waals surface area contributed by atoms with E-state index in [-0.39, 0.29) is 0 Å². The predicted molar refractivity (Wildman–Crippen MR) is 60.8 cm³/mol. The van der Waals surface area contributed by atoms with E-state index in [1.54, 1.807) is 4.52 Å². The normalized spacial score (nSPS) is 18.1. The van der Waals surface area contributed by atoms with Gasteiger partial charge in [0.15, 0.2) is 11.5 Å². The highest BCUT2D eigenvalue weighted by molar-refractivity contribution is 6.29. The molecule has 3 heterocycles. The van der Waals surface area contributed by atoms with Crippen molar-refractivity contribution in [3.8, 4) is 0 Å². The van der Waals surface area contributed by atoms with Crippen LogP contribution in [0.25, 0.3) is 5.65 Å². The van der Waals surface area contributed by atoms with E-state index in [2.05, 4.69) is 10.1 Å². The topological polar surface area (TPSA) is 39.4 Å². The third-order valence-electron chi connectivity index (χ3n) is 2.92. The first-order chi connectivity index (χ1) is 7.84. The summed E-state index contributed by atoms with van der Waals surface area (Å²) in [5.74, 6) is 1.29. The van der Waals surface area contributed by atoms with Crippen LogP contribution in [0.5, 0.6) is 0 Å². The smallest absolute Gasteiger partial charge is 0.157 e. The summed E-state index contributed by atoms with van der Waals surface area (Å²) < 4.78 is 7.02. The Balaban J connectivity index is 2.01. The maximum absolute atomic E-state index is 6.05. The highest BCUT2D eigenvalue weighted by atomic mass is 35.5. The minimum Gasteiger partial charge on any atom is -0.381 e. The fraction of sp³-hybridized carbons (Fsp3) is 0.455. The van der Waals surface area contributed by atoms with Crippen LogP contribution >= 0.6 is 11.6 Å². The van der Waals surface area contributed by atoms with Crippen molar-refractivity contribution in [3.63, 3.8) is 0 Å². The Morgan fingerprint density at radius 1 is 1.31 bits per heavy atom. The van der Waals surface area contributed by atoms with Crippen LogP contribution in [0.1, 0.15) is 24.6 Å². The van der Waals surface area contributed by atoms with E-state index < -0.39 is 0 Å². The largest absolute Gasteiger partial charge is 0.381 e. The van der Waals surface area contributed by atoms with Crippen LogP contribution in [0, 0.1) is 0 Å². The van der Waals surface area contributed by atoms with E-state index >= 15 is 0 Å². The van der Waals surface area contributed by atoms with E-state index in [9.17, 15) is 0 Å². The van der Waals surface area contributed by atoms with Gasteiger partial charge in [-0.1, -0.05) is 17.7 Å². The maximum atomic E-state index is 6.05. The number of halogens is 1. The second kappa shape index (κ2) is 4.03. The van der Waals surface area contributed by atoms with Crippen LogP contribution < -0.4 is 0 Å². The van der Waals surface area contributed by atoms with Crippen LogP contribution in [0.3, 0.4) is 0 Å². The molecule has 0 aliphatic carbocycles. The quantitative estimate of drug-likeness (QED) is 0.715. The molecule has 2 aromatic rings. The Morgan fingerprint density at radius 3 is 2.88 bits per heavy atom. The molecule has 1 aliphatic heterocycles. The van der Waals surface area contributed by atoms with Gasteiger partial charge >= 0.3 is 0 Å². The number of pyridine rings is 1. The number of rotatable bonds is 1. The van der Waals surface area contributed by atoms with Crippen molar-refractivity contribution < 1.29 is 4.74 Å². The van der Waals surface area contributed by atoms with Gasteiger partial charge in [-0.05, 0) is 25.0 Å². The number of hydrogen-bond acceptors (Lipinski definition) is 3. The molecule has 4 nitrogen and oxygen atoms in total. The third-order valence-corrected chi connectivity index (χ3v) is 3.20. The SMILES string of the molecule is Clc1cccc2nc(C3CCOCC3)nn12. The van der Waals surface area contributed by atoms with E-state index in [1.807, 2.05) is 18.2 Å². The molecule has 0 atom stereocenters. The first-order valence-corrected chi connectivity index (χ1v) is 5.81. The van der Waals surface area contributed by atoms with Crippen LogP contribution in [-0.2, 0) is 4.74 Å². The van der Waals surface area contributed by atoms with Crippen molar-refractivity contribution in [2.24, 2.45) is 0 Å². The standard InChI is InChI=1S/C11H12ClN3O/c12-9-2-1-3-10-13-11(14-15(9)10)8-4-6-16-7-5-8/h1-3,8H,4-7H2. The second-order valence-electron chi connectivity index (χ2n) is 3.98. The first-order valence-electron chi connectivity index (χ1n) is 5.43. The molecule has 0 radical (unpaired) electrons. The lowest BCUT2D eigenvalue weighted by Crippen LogP contribution is -2.15. The van der Waals surface area contributed by atoms with Gasteiger partial charge < -0.3 is 4.74 Å². The molecule has 2 aromatic heterocycles. The van der Waals surface area contributed by atoms with Crippen LogP contribution in [0.4, 0.5) is 0 Å². The molecule has 1 fully saturated rings. The summed E-state index contributed by atoms with van der Waals surface area (Å²) in [5.41, 5.74) is 0.814. The van der Waals surface area contributed by atoms with Gasteiger partial charge in [0.25, 0.3) is 0 Å². The third kappa shape index (κ3) is 1.68. The Labute approximate surface area is 98.2 Å². The van der Waals surface area contributed by atoms with Crippen molar-refractivity contribution in [1.82, 2.24) is 14.6 Å². The van der Waals surface area contributed by atoms with Gasteiger partial charge in [-0.3, -0.25) is 0 Å². The van der Waals surface area contributed by atoms with Gasteiger partial charge in [0, 0.05) is 19.1 Å². The average molecular weight is 238 g/mol. The van der Waals surface area contributed by atoms with Gasteiger partial charge in [0.2, 0.25) is 0 Å². The summed E-state index contributed by atoms with van der Waals surface area (Å²) in [6.07, 6.45) is 1.99. The van der Waals surface area contributed by atoms with E-state index in [4.69, 9.17) is 16.3 Å². The lowest BCUT2D eigenvalue weighted by Gasteiger charge is -2.18. The van der Waals surface area contributed by atoms with Gasteiger partial charge in [0.05, 0.1) is 0 Å². The number of nitrogens with zero attached hydrogens (tertiary/aromatic N) is 3. The molecular weight excluding hydrogens is 226 g/mol. The molecule has 3 rings (SSSR count). The van der Waals surface area contributed by atoms with Crippen LogP contribution in [0.15, 0.2) is 18.2 Å². The highest BCUT2D eigenvalue weighted by Gasteiger charge is 2.20. The summed E-state index contributed by atoms with van der Waals surface area (Å²) in [6.45, 7) is 1.60. The number of aromatic nitrogens is 3. The molecule has 1 saturated heterocycles. The summed E-state index contributed by atoms with van der Waals surface area (Å²) in [4.78, 5) is 4.51. The molecule has 1 aliphatic rings. The fourth-order valence-electron chi connectivity index (χ4n) is 2.02. The molecule has 5 heteroatoms. The predicted octanol–water partition coefficient (Wildman–Crippen LogP) is 2.28. The second-order valence-corrected chi connectivity index (χ2v) is 4.36. The monoisotopic (exact) mass is 237 g/mol. The molecular formula is C11H12ClN3O. The van der Waals surface area contributed by atoms with Crippen molar-refractivity contribution in [2.45, 2.75) is 18.8 Å². The summed E-state index contributed by atoms with van der Waals surface area (Å²) >= 11 is 6.05. The summed E-state index contributed by atoms with van der Waals surface area (Å²) in [6, 6.07) is 5.62. The van der Waals surface area contributed by atoms with Crippen LogP contribution in [0.2, 0.25) is 5.15 Å². The molecule has 0 bridgehead atoms. The average Bonchev–Trinajstić information content (AvgIpc) is 2.76. The minimum absolute atomic E-state index is 0.407. The molecule has 0 saturated carbocycles. The van der Waals surface area contributed by atoms with Gasteiger partial charge in [-0.25, -0.2) is 9.50 Å². The lowest BCUT2D eigenvalue weighted by atomic mass is 10.00. The zero-order valence-electron chi connectivity index (χ0n) is 8.77. The minimum atomic E-state index is 0.407. The van der Waals surface area contributed by atoms with Crippen molar-refractivity contribution in [1.29, 1.82) is 0 Å². The molecule has 0 N–H and O–H groups in total. The Bertz CT molecular complexity index is 505. The summed E-state index contributed by atoms with van der Waals surface area (Å²) in [5, 5.41) is 5.05. The summed E-state index contributed by atoms with van der Waals surface area (Å²) in [7, 11) is 0. The van der Waals surface area contributed by atoms with Gasteiger partial charge in [0.1, 0.15) is 5.15 Å². The van der Waals surface area contributed by atoms with Gasteiger partial charge in [-0.15, -0.1) is 5.10 Å². The van der Waals surface area contributed by atoms with E-state index in [0.29, 0.717) is 11.1 Å².